The van der Waals surface area contributed by atoms with Crippen LogP contribution in [0, 0.1) is 0 Å². The number of carbonyl (C=O) groups excluding carboxylic acids is 1. The Morgan fingerprint density at radius 2 is 1.64 bits per heavy atom. The van der Waals surface area contributed by atoms with Crippen molar-refractivity contribution in [3.63, 3.8) is 0 Å². The number of amides is 1. The van der Waals surface area contributed by atoms with Gasteiger partial charge in [-0.3, -0.25) is 9.69 Å². The van der Waals surface area contributed by atoms with Crippen molar-refractivity contribution in [2.45, 2.75) is 33.2 Å². The number of carbonyl (C=O) groups is 1. The molecule has 0 spiro atoms. The molecule has 0 saturated carbocycles. The molecule has 0 radical (unpaired) electrons. The van der Waals surface area contributed by atoms with E-state index in [4.69, 9.17) is 0 Å². The monoisotopic (exact) mass is 381 g/mol. The maximum Gasteiger partial charge on any atom is 0.274 e. The Kier molecular flexibility index (Phi) is 7.37. The van der Waals surface area contributed by atoms with Gasteiger partial charge >= 0.3 is 0 Å². The lowest BCUT2D eigenvalue weighted by atomic mass is 10.2. The van der Waals surface area contributed by atoms with E-state index < -0.39 is 0 Å². The number of nitrogens with zero attached hydrogens (tertiary/aromatic N) is 5. The molecule has 1 amide bonds. The summed E-state index contributed by atoms with van der Waals surface area (Å²) in [5.74, 6) is 0.837. The van der Waals surface area contributed by atoms with E-state index in [-0.39, 0.29) is 5.91 Å². The SMILES string of the molecule is CCCN(CCC)c1cnc(C(=O)N2CCN(Cc3ccccc3)CC2)cn1. The number of hydrogen-bond donors (Lipinski definition) is 0. The molecule has 0 N–H and O–H groups in total. The quantitative estimate of drug-likeness (QED) is 0.703. The van der Waals surface area contributed by atoms with Crippen LogP contribution in [0.3, 0.4) is 0 Å². The van der Waals surface area contributed by atoms with Crippen molar-refractivity contribution in [3.8, 4) is 0 Å². The van der Waals surface area contributed by atoms with Crippen LogP contribution in [0.25, 0.3) is 0 Å². The fourth-order valence-corrected chi connectivity index (χ4v) is 3.59. The Hall–Kier alpha value is -2.47. The first-order valence-corrected chi connectivity index (χ1v) is 10.3. The van der Waals surface area contributed by atoms with Gasteiger partial charge < -0.3 is 9.80 Å². The van der Waals surface area contributed by atoms with Gasteiger partial charge in [0.05, 0.1) is 12.4 Å². The van der Waals surface area contributed by atoms with Gasteiger partial charge in [-0.25, -0.2) is 9.97 Å². The summed E-state index contributed by atoms with van der Waals surface area (Å²) < 4.78 is 0. The molecule has 0 aliphatic carbocycles. The Morgan fingerprint density at radius 1 is 0.964 bits per heavy atom. The van der Waals surface area contributed by atoms with E-state index in [1.807, 2.05) is 11.0 Å². The van der Waals surface area contributed by atoms with Gasteiger partial charge in [0.25, 0.3) is 5.91 Å². The van der Waals surface area contributed by atoms with Crippen molar-refractivity contribution in [2.75, 3.05) is 44.2 Å². The smallest absolute Gasteiger partial charge is 0.274 e. The van der Waals surface area contributed by atoms with Gasteiger partial charge in [-0.15, -0.1) is 0 Å². The van der Waals surface area contributed by atoms with Crippen molar-refractivity contribution < 1.29 is 4.79 Å². The number of piperazine rings is 1. The van der Waals surface area contributed by atoms with Crippen LogP contribution in [0.15, 0.2) is 42.7 Å². The third kappa shape index (κ3) is 5.29. The predicted octanol–water partition coefficient (Wildman–Crippen LogP) is 3.06. The molecule has 150 valence electrons. The van der Waals surface area contributed by atoms with Gasteiger partial charge in [-0.2, -0.15) is 0 Å². The number of benzene rings is 1. The highest BCUT2D eigenvalue weighted by atomic mass is 16.2. The first-order valence-electron chi connectivity index (χ1n) is 10.3. The zero-order valence-electron chi connectivity index (χ0n) is 17.0. The van der Waals surface area contributed by atoms with E-state index in [0.29, 0.717) is 5.69 Å². The molecule has 6 heteroatoms. The van der Waals surface area contributed by atoms with Crippen molar-refractivity contribution in [1.29, 1.82) is 0 Å². The summed E-state index contributed by atoms with van der Waals surface area (Å²) in [6.07, 6.45) is 5.50. The molecule has 0 bridgehead atoms. The highest BCUT2D eigenvalue weighted by molar-refractivity contribution is 5.92. The second-order valence-corrected chi connectivity index (χ2v) is 7.30. The van der Waals surface area contributed by atoms with Gasteiger partial charge in [-0.05, 0) is 18.4 Å². The zero-order valence-corrected chi connectivity index (χ0v) is 17.0. The molecule has 1 aromatic heterocycles. The molecule has 1 saturated heterocycles. The summed E-state index contributed by atoms with van der Waals surface area (Å²) in [6.45, 7) is 10.4. The van der Waals surface area contributed by atoms with Crippen molar-refractivity contribution in [2.24, 2.45) is 0 Å². The van der Waals surface area contributed by atoms with E-state index in [0.717, 1.165) is 64.5 Å². The number of hydrogen-bond acceptors (Lipinski definition) is 5. The number of aromatic nitrogens is 2. The molecule has 28 heavy (non-hydrogen) atoms. The molecule has 1 fully saturated rings. The average Bonchev–Trinajstić information content (AvgIpc) is 2.74. The molecule has 0 atom stereocenters. The molecule has 1 aliphatic rings. The molecule has 1 aromatic carbocycles. The van der Waals surface area contributed by atoms with Crippen LogP contribution in [-0.2, 0) is 6.54 Å². The van der Waals surface area contributed by atoms with Crippen LogP contribution < -0.4 is 4.90 Å². The van der Waals surface area contributed by atoms with Crippen LogP contribution in [-0.4, -0.2) is 64.9 Å². The third-order valence-corrected chi connectivity index (χ3v) is 5.08. The summed E-state index contributed by atoms with van der Waals surface area (Å²) in [4.78, 5) is 28.2. The third-order valence-electron chi connectivity index (χ3n) is 5.08. The van der Waals surface area contributed by atoms with Gasteiger partial charge in [0.15, 0.2) is 0 Å². The first kappa shape index (κ1) is 20.3. The first-order chi connectivity index (χ1) is 13.7. The second kappa shape index (κ2) is 10.2. The van der Waals surface area contributed by atoms with Crippen LogP contribution in [0.1, 0.15) is 42.7 Å². The highest BCUT2D eigenvalue weighted by Crippen LogP contribution is 2.13. The summed E-state index contributed by atoms with van der Waals surface area (Å²) in [7, 11) is 0. The number of anilines is 1. The molecule has 1 aliphatic heterocycles. The van der Waals surface area contributed by atoms with Gasteiger partial charge in [0, 0.05) is 45.8 Å². The summed E-state index contributed by atoms with van der Waals surface area (Å²) in [5, 5.41) is 0. The van der Waals surface area contributed by atoms with E-state index in [9.17, 15) is 4.79 Å². The minimum atomic E-state index is -0.0176. The normalized spacial score (nSPS) is 14.9. The van der Waals surface area contributed by atoms with Crippen molar-refractivity contribution >= 4 is 11.7 Å². The summed E-state index contributed by atoms with van der Waals surface area (Å²) in [5.41, 5.74) is 1.75. The largest absolute Gasteiger partial charge is 0.355 e. The number of rotatable bonds is 8. The summed E-state index contributed by atoms with van der Waals surface area (Å²) in [6, 6.07) is 10.5. The highest BCUT2D eigenvalue weighted by Gasteiger charge is 2.23. The average molecular weight is 382 g/mol. The van der Waals surface area contributed by atoms with Crippen LogP contribution in [0.2, 0.25) is 0 Å². The lowest BCUT2D eigenvalue weighted by Gasteiger charge is -2.34. The molecule has 2 heterocycles. The van der Waals surface area contributed by atoms with Crippen LogP contribution in [0.5, 0.6) is 0 Å². The van der Waals surface area contributed by atoms with Crippen LogP contribution in [0.4, 0.5) is 5.82 Å². The Morgan fingerprint density at radius 3 is 2.21 bits per heavy atom. The predicted molar refractivity (Wildman–Crippen MR) is 112 cm³/mol. The molecule has 0 unspecified atom stereocenters. The van der Waals surface area contributed by atoms with Crippen LogP contribution >= 0.6 is 0 Å². The Balaban J connectivity index is 1.54. The standard InChI is InChI=1S/C22H31N5O/c1-3-10-26(11-4-2)21-17-23-20(16-24-21)22(28)27-14-12-25(13-15-27)18-19-8-6-5-7-9-19/h5-9,16-17H,3-4,10-15,18H2,1-2H3. The second-order valence-electron chi connectivity index (χ2n) is 7.30. The molecule has 2 aromatic rings. The van der Waals surface area contributed by atoms with Gasteiger partial charge in [0.2, 0.25) is 0 Å². The Bertz CT molecular complexity index is 720. The topological polar surface area (TPSA) is 52.6 Å². The fourth-order valence-electron chi connectivity index (χ4n) is 3.59. The maximum atomic E-state index is 12.8. The van der Waals surface area contributed by atoms with Crippen molar-refractivity contribution in [3.05, 3.63) is 54.0 Å². The lowest BCUT2D eigenvalue weighted by molar-refractivity contribution is 0.0622. The van der Waals surface area contributed by atoms with E-state index >= 15 is 0 Å². The van der Waals surface area contributed by atoms with E-state index in [1.165, 1.54) is 5.56 Å². The van der Waals surface area contributed by atoms with Gasteiger partial charge in [0.1, 0.15) is 11.5 Å². The molecular weight excluding hydrogens is 350 g/mol. The molecule has 6 nitrogen and oxygen atoms in total. The minimum absolute atomic E-state index is 0.0176. The minimum Gasteiger partial charge on any atom is -0.355 e. The summed E-state index contributed by atoms with van der Waals surface area (Å²) >= 11 is 0. The Labute approximate surface area is 168 Å². The van der Waals surface area contributed by atoms with Crippen molar-refractivity contribution in [1.82, 2.24) is 19.8 Å². The van der Waals surface area contributed by atoms with Gasteiger partial charge in [-0.1, -0.05) is 44.2 Å². The fraction of sp³-hybridized carbons (Fsp3) is 0.500. The molecular formula is C22H31N5O. The van der Waals surface area contributed by atoms with E-state index in [2.05, 4.69) is 57.9 Å². The lowest BCUT2D eigenvalue weighted by Crippen LogP contribution is -2.48. The zero-order chi connectivity index (χ0) is 19.8. The molecule has 3 rings (SSSR count). The van der Waals surface area contributed by atoms with E-state index in [1.54, 1.807) is 12.4 Å². The maximum absolute atomic E-state index is 12.8.